The summed E-state index contributed by atoms with van der Waals surface area (Å²) in [5.74, 6) is -2.15. The fraction of sp³-hybridized carbons (Fsp3) is 0.591. The summed E-state index contributed by atoms with van der Waals surface area (Å²) in [5.41, 5.74) is 0.166. The lowest BCUT2D eigenvalue weighted by Gasteiger charge is -2.14. The Labute approximate surface area is 167 Å². The molecule has 0 saturated carbocycles. The van der Waals surface area contributed by atoms with Gasteiger partial charge in [-0.2, -0.15) is 0 Å². The summed E-state index contributed by atoms with van der Waals surface area (Å²) in [6, 6.07) is 0. The van der Waals surface area contributed by atoms with Crippen LogP contribution in [0.3, 0.4) is 0 Å². The van der Waals surface area contributed by atoms with Crippen molar-refractivity contribution in [3.05, 3.63) is 35.3 Å². The second-order valence-electron chi connectivity index (χ2n) is 7.00. The van der Waals surface area contributed by atoms with E-state index < -0.39 is 23.3 Å². The predicted octanol–water partition coefficient (Wildman–Crippen LogP) is 4.80. The fourth-order valence-electron chi connectivity index (χ4n) is 3.10. The lowest BCUT2D eigenvalue weighted by molar-refractivity contribution is -0.137. The number of methoxy groups -OCH3 is 1. The molecule has 0 spiro atoms. The van der Waals surface area contributed by atoms with E-state index in [1.165, 1.54) is 13.5 Å². The summed E-state index contributed by atoms with van der Waals surface area (Å²) in [7, 11) is 1.34. The smallest absolute Gasteiger partial charge is 0.303 e. The minimum absolute atomic E-state index is 0.00580. The maximum atomic E-state index is 12.1. The van der Waals surface area contributed by atoms with Crippen LogP contribution in [0.4, 0.5) is 0 Å². The highest BCUT2D eigenvalue weighted by Gasteiger charge is 2.28. The molecule has 6 heteroatoms. The van der Waals surface area contributed by atoms with E-state index in [0.717, 1.165) is 57.4 Å². The van der Waals surface area contributed by atoms with Crippen LogP contribution in [0.1, 0.15) is 77.0 Å². The molecular weight excluding hydrogens is 360 g/mol. The molecule has 0 aromatic rings. The number of aliphatic carboxylic acids is 1. The fourth-order valence-corrected chi connectivity index (χ4v) is 3.10. The van der Waals surface area contributed by atoms with Crippen molar-refractivity contribution < 1.29 is 29.3 Å². The average molecular weight is 392 g/mol. The highest BCUT2D eigenvalue weighted by Crippen LogP contribution is 2.23. The number of unbranched alkanes of at least 4 members (excludes halogenated alkanes) is 8. The second-order valence-corrected chi connectivity index (χ2v) is 7.00. The quantitative estimate of drug-likeness (QED) is 0.236. The van der Waals surface area contributed by atoms with Gasteiger partial charge in [-0.3, -0.25) is 14.4 Å². The first-order valence-corrected chi connectivity index (χ1v) is 10.1. The first-order chi connectivity index (χ1) is 13.5. The number of carboxylic acid groups (broad SMARTS) is 1. The van der Waals surface area contributed by atoms with Gasteiger partial charge in [0.25, 0.3) is 0 Å². The molecule has 0 aromatic carbocycles. The molecule has 0 aliphatic heterocycles. The lowest BCUT2D eigenvalue weighted by atomic mass is 9.94. The van der Waals surface area contributed by atoms with Gasteiger partial charge in [0.2, 0.25) is 11.6 Å². The number of hydrogen-bond acceptors (Lipinski definition) is 5. The Kier molecular flexibility index (Phi) is 11.6. The number of ketones is 2. The molecule has 1 aliphatic carbocycles. The highest BCUT2D eigenvalue weighted by atomic mass is 16.5. The van der Waals surface area contributed by atoms with Crippen molar-refractivity contribution >= 4 is 17.5 Å². The molecule has 0 saturated heterocycles. The number of Topliss-reactive ketones (excluding diaryl/α,β-unsaturated/α-hetero) is 1. The standard InChI is InChI=1S/C22H32O6/c1-28-19-16-18(23)21(26)17(22(19)27)14-12-10-8-6-4-2-3-5-7-9-11-13-15-20(24)25/h7,9,16,26H,2-6,8,10-15H2,1H3,(H,24,25)/b9-7+. The van der Waals surface area contributed by atoms with E-state index in [2.05, 4.69) is 12.2 Å². The summed E-state index contributed by atoms with van der Waals surface area (Å²) in [4.78, 5) is 34.1. The topological polar surface area (TPSA) is 101 Å². The summed E-state index contributed by atoms with van der Waals surface area (Å²) in [5, 5.41) is 18.4. The third-order valence-corrected chi connectivity index (χ3v) is 4.72. The molecule has 156 valence electrons. The third kappa shape index (κ3) is 9.02. The molecule has 6 nitrogen and oxygen atoms in total. The van der Waals surface area contributed by atoms with Crippen molar-refractivity contribution in [1.82, 2.24) is 0 Å². The van der Waals surface area contributed by atoms with Crippen LogP contribution in [0.25, 0.3) is 0 Å². The van der Waals surface area contributed by atoms with Crippen LogP contribution in [0.15, 0.2) is 35.3 Å². The minimum Gasteiger partial charge on any atom is -0.504 e. The van der Waals surface area contributed by atoms with Crippen molar-refractivity contribution in [1.29, 1.82) is 0 Å². The number of rotatable bonds is 15. The molecule has 0 amide bonds. The van der Waals surface area contributed by atoms with Gasteiger partial charge in [-0.05, 0) is 38.5 Å². The molecule has 0 fully saturated rings. The maximum absolute atomic E-state index is 12.1. The van der Waals surface area contributed by atoms with Crippen LogP contribution in [0.5, 0.6) is 0 Å². The number of carboxylic acids is 1. The predicted molar refractivity (Wildman–Crippen MR) is 107 cm³/mol. The Balaban J connectivity index is 2.04. The van der Waals surface area contributed by atoms with E-state index in [1.54, 1.807) is 0 Å². The SMILES string of the molecule is COC1=CC(=O)C(O)=C(CCCCCCCCC/C=C/CCCC(=O)O)C1=O. The molecule has 1 aliphatic rings. The number of aliphatic hydroxyl groups excluding tert-OH is 1. The number of allylic oxidation sites excluding steroid dienone is 4. The number of ether oxygens (including phenoxy) is 1. The first-order valence-electron chi connectivity index (χ1n) is 10.1. The van der Waals surface area contributed by atoms with E-state index >= 15 is 0 Å². The van der Waals surface area contributed by atoms with Crippen LogP contribution in [-0.2, 0) is 19.1 Å². The van der Waals surface area contributed by atoms with E-state index in [0.29, 0.717) is 12.8 Å². The molecule has 28 heavy (non-hydrogen) atoms. The van der Waals surface area contributed by atoms with Gasteiger partial charge in [-0.15, -0.1) is 0 Å². The summed E-state index contributed by atoms with van der Waals surface area (Å²) < 4.78 is 4.90. The van der Waals surface area contributed by atoms with Crippen LogP contribution >= 0.6 is 0 Å². The molecular formula is C22H32O6. The van der Waals surface area contributed by atoms with Gasteiger partial charge in [0, 0.05) is 18.1 Å². The average Bonchev–Trinajstić information content (AvgIpc) is 2.67. The first kappa shape index (κ1) is 23.7. The van der Waals surface area contributed by atoms with Gasteiger partial charge in [0.1, 0.15) is 0 Å². The molecule has 0 atom stereocenters. The molecule has 0 aromatic heterocycles. The van der Waals surface area contributed by atoms with Crippen molar-refractivity contribution in [3.63, 3.8) is 0 Å². The number of carbonyl (C=O) groups is 3. The van der Waals surface area contributed by atoms with E-state index in [9.17, 15) is 19.5 Å². The van der Waals surface area contributed by atoms with Crippen LogP contribution in [-0.4, -0.2) is 34.9 Å². The molecule has 0 heterocycles. The van der Waals surface area contributed by atoms with Gasteiger partial charge in [-0.25, -0.2) is 0 Å². The van der Waals surface area contributed by atoms with Gasteiger partial charge in [0.15, 0.2) is 11.5 Å². The van der Waals surface area contributed by atoms with Crippen molar-refractivity contribution in [3.8, 4) is 0 Å². The van der Waals surface area contributed by atoms with Gasteiger partial charge >= 0.3 is 5.97 Å². The van der Waals surface area contributed by atoms with Gasteiger partial charge < -0.3 is 14.9 Å². The Morgan fingerprint density at radius 3 is 2.14 bits per heavy atom. The van der Waals surface area contributed by atoms with Crippen molar-refractivity contribution in [2.24, 2.45) is 0 Å². The number of carbonyl (C=O) groups excluding carboxylic acids is 2. The van der Waals surface area contributed by atoms with Gasteiger partial charge in [0.05, 0.1) is 7.11 Å². The zero-order valence-corrected chi connectivity index (χ0v) is 16.7. The monoisotopic (exact) mass is 392 g/mol. The van der Waals surface area contributed by atoms with Crippen LogP contribution in [0, 0.1) is 0 Å². The molecule has 2 N–H and O–H groups in total. The lowest BCUT2D eigenvalue weighted by Crippen LogP contribution is -2.20. The summed E-state index contributed by atoms with van der Waals surface area (Å²) >= 11 is 0. The van der Waals surface area contributed by atoms with E-state index in [1.807, 2.05) is 0 Å². The van der Waals surface area contributed by atoms with Crippen molar-refractivity contribution in [2.45, 2.75) is 77.0 Å². The summed E-state index contributed by atoms with van der Waals surface area (Å²) in [6.45, 7) is 0. The number of hydrogen-bond donors (Lipinski definition) is 2. The minimum atomic E-state index is -0.739. The zero-order valence-electron chi connectivity index (χ0n) is 16.7. The Bertz CT molecular complexity index is 627. The molecule has 0 radical (unpaired) electrons. The molecule has 0 unspecified atom stereocenters. The third-order valence-electron chi connectivity index (χ3n) is 4.72. The van der Waals surface area contributed by atoms with E-state index in [-0.39, 0.29) is 17.8 Å². The Morgan fingerprint density at radius 2 is 1.54 bits per heavy atom. The maximum Gasteiger partial charge on any atom is 0.303 e. The second kappa shape index (κ2) is 13.7. The largest absolute Gasteiger partial charge is 0.504 e. The van der Waals surface area contributed by atoms with Gasteiger partial charge in [-0.1, -0.05) is 44.3 Å². The van der Waals surface area contributed by atoms with Crippen LogP contribution in [0.2, 0.25) is 0 Å². The molecule has 0 bridgehead atoms. The Morgan fingerprint density at radius 1 is 0.964 bits per heavy atom. The molecule has 1 rings (SSSR count). The summed E-state index contributed by atoms with van der Waals surface area (Å²) in [6.07, 6.45) is 15.8. The zero-order chi connectivity index (χ0) is 20.8. The highest BCUT2D eigenvalue weighted by molar-refractivity contribution is 6.20. The van der Waals surface area contributed by atoms with E-state index in [4.69, 9.17) is 9.84 Å². The Hall–Kier alpha value is -2.37. The van der Waals surface area contributed by atoms with Crippen LogP contribution < -0.4 is 0 Å². The number of aliphatic hydroxyl groups is 1. The van der Waals surface area contributed by atoms with Crippen molar-refractivity contribution in [2.75, 3.05) is 7.11 Å². The normalized spacial score (nSPS) is 14.7.